The van der Waals surface area contributed by atoms with Crippen LogP contribution < -0.4 is 5.32 Å². The molecule has 1 saturated carbocycles. The van der Waals surface area contributed by atoms with E-state index >= 15 is 0 Å². The van der Waals surface area contributed by atoms with Crippen molar-refractivity contribution >= 4 is 17.5 Å². The van der Waals surface area contributed by atoms with Gasteiger partial charge in [-0.05, 0) is 50.9 Å². The summed E-state index contributed by atoms with van der Waals surface area (Å²) in [5, 5.41) is 13.9. The Hall–Kier alpha value is -1.10. The van der Waals surface area contributed by atoms with Crippen LogP contribution in [0.4, 0.5) is 0 Å². The first-order valence-corrected chi connectivity index (χ1v) is 8.02. The molecule has 2 N–H and O–H groups in total. The number of carbonyl (C=O) groups excluding carboxylic acids is 1. The molecule has 2 fully saturated rings. The fraction of sp³-hybridized carbons (Fsp3) is 0.562. The molecule has 1 amide bonds. The molecule has 1 saturated heterocycles. The van der Waals surface area contributed by atoms with Crippen LogP contribution in [0, 0.1) is 0 Å². The van der Waals surface area contributed by atoms with E-state index in [2.05, 4.69) is 10.2 Å². The molecular formula is C16H21ClN2O2. The summed E-state index contributed by atoms with van der Waals surface area (Å²) in [5.41, 5.74) is 0.469. The topological polar surface area (TPSA) is 52.6 Å². The summed E-state index contributed by atoms with van der Waals surface area (Å²) in [4.78, 5) is 14.6. The summed E-state index contributed by atoms with van der Waals surface area (Å²) < 4.78 is 0. The summed E-state index contributed by atoms with van der Waals surface area (Å²) in [5.74, 6) is -0.202. The molecule has 2 aliphatic rings. The van der Waals surface area contributed by atoms with Crippen molar-refractivity contribution in [2.45, 2.75) is 43.9 Å². The van der Waals surface area contributed by atoms with Crippen molar-refractivity contribution in [1.29, 1.82) is 0 Å². The van der Waals surface area contributed by atoms with Crippen molar-refractivity contribution in [3.05, 3.63) is 34.9 Å². The number of carbonyl (C=O) groups is 1. The third-order valence-corrected chi connectivity index (χ3v) is 4.95. The number of rotatable bonds is 3. The zero-order valence-corrected chi connectivity index (χ0v) is 12.7. The minimum atomic E-state index is -0.491. The van der Waals surface area contributed by atoms with E-state index in [4.69, 9.17) is 11.6 Å². The average Bonchev–Trinajstić information content (AvgIpc) is 3.10. The van der Waals surface area contributed by atoms with Crippen LogP contribution in [0.1, 0.15) is 36.0 Å². The highest BCUT2D eigenvalue weighted by molar-refractivity contribution is 6.33. The number of hydrogen-bond donors (Lipinski definition) is 2. The molecule has 3 rings (SSSR count). The fourth-order valence-electron chi connectivity index (χ4n) is 3.48. The highest BCUT2D eigenvalue weighted by Gasteiger charge is 2.39. The molecule has 1 aromatic carbocycles. The number of aliphatic hydroxyl groups is 1. The van der Waals surface area contributed by atoms with Crippen LogP contribution in [0.5, 0.6) is 0 Å². The van der Waals surface area contributed by atoms with Crippen molar-refractivity contribution in [2.75, 3.05) is 13.1 Å². The van der Waals surface area contributed by atoms with Gasteiger partial charge in [0.25, 0.3) is 5.91 Å². The van der Waals surface area contributed by atoms with E-state index in [-0.39, 0.29) is 18.0 Å². The van der Waals surface area contributed by atoms with E-state index in [0.29, 0.717) is 10.6 Å². The van der Waals surface area contributed by atoms with E-state index in [1.807, 2.05) is 0 Å². The third kappa shape index (κ3) is 3.07. The van der Waals surface area contributed by atoms with Crippen LogP contribution in [0.25, 0.3) is 0 Å². The molecule has 0 bridgehead atoms. The molecule has 114 valence electrons. The van der Waals surface area contributed by atoms with Gasteiger partial charge in [0, 0.05) is 6.04 Å². The number of nitrogens with zero attached hydrogens (tertiary/aromatic N) is 1. The predicted molar refractivity (Wildman–Crippen MR) is 82.5 cm³/mol. The van der Waals surface area contributed by atoms with Gasteiger partial charge in [-0.3, -0.25) is 9.69 Å². The molecule has 0 radical (unpaired) electrons. The molecule has 1 aliphatic heterocycles. The van der Waals surface area contributed by atoms with Gasteiger partial charge in [0.15, 0.2) is 0 Å². The molecule has 1 aliphatic carbocycles. The normalized spacial score (nSPS) is 29.7. The number of halogens is 1. The molecular weight excluding hydrogens is 288 g/mol. The minimum absolute atomic E-state index is 0.181. The summed E-state index contributed by atoms with van der Waals surface area (Å²) in [6, 6.07) is 7.00. The van der Waals surface area contributed by atoms with E-state index in [1.54, 1.807) is 24.3 Å². The molecule has 4 nitrogen and oxygen atoms in total. The van der Waals surface area contributed by atoms with Crippen molar-refractivity contribution in [2.24, 2.45) is 0 Å². The number of amides is 1. The van der Waals surface area contributed by atoms with Gasteiger partial charge in [0.1, 0.15) is 0 Å². The first-order chi connectivity index (χ1) is 10.2. The SMILES string of the molecule is O=C(N[C@@H]1CC[C@@H](N2CCCC2)[C@@H]1O)c1ccccc1Cl. The Balaban J connectivity index is 1.63. The van der Waals surface area contributed by atoms with Crippen LogP contribution in [0.15, 0.2) is 24.3 Å². The Morgan fingerprint density at radius 1 is 1.24 bits per heavy atom. The lowest BCUT2D eigenvalue weighted by atomic mass is 10.1. The van der Waals surface area contributed by atoms with Gasteiger partial charge < -0.3 is 10.4 Å². The lowest BCUT2D eigenvalue weighted by Crippen LogP contribution is -2.47. The van der Waals surface area contributed by atoms with Gasteiger partial charge in [0.2, 0.25) is 0 Å². The Morgan fingerprint density at radius 2 is 1.95 bits per heavy atom. The third-order valence-electron chi connectivity index (χ3n) is 4.62. The largest absolute Gasteiger partial charge is 0.389 e. The smallest absolute Gasteiger partial charge is 0.253 e. The van der Waals surface area contributed by atoms with Gasteiger partial charge in [-0.25, -0.2) is 0 Å². The number of likely N-dealkylation sites (tertiary alicyclic amines) is 1. The molecule has 0 spiro atoms. The quantitative estimate of drug-likeness (QED) is 0.898. The zero-order chi connectivity index (χ0) is 14.8. The molecule has 1 aromatic rings. The fourth-order valence-corrected chi connectivity index (χ4v) is 3.70. The van der Waals surface area contributed by atoms with E-state index in [1.165, 1.54) is 12.8 Å². The van der Waals surface area contributed by atoms with E-state index in [9.17, 15) is 9.90 Å². The van der Waals surface area contributed by atoms with E-state index < -0.39 is 6.10 Å². The monoisotopic (exact) mass is 308 g/mol. The second-order valence-electron chi connectivity index (χ2n) is 5.94. The first kappa shape index (κ1) is 14.8. The Kier molecular flexibility index (Phi) is 4.48. The highest BCUT2D eigenvalue weighted by atomic mass is 35.5. The van der Waals surface area contributed by atoms with Crippen LogP contribution in [-0.2, 0) is 0 Å². The minimum Gasteiger partial charge on any atom is -0.389 e. The van der Waals surface area contributed by atoms with Crippen LogP contribution in [0.2, 0.25) is 5.02 Å². The maximum atomic E-state index is 12.3. The summed E-state index contributed by atoms with van der Waals surface area (Å²) in [6.07, 6.45) is 3.68. The van der Waals surface area contributed by atoms with Crippen molar-refractivity contribution in [3.8, 4) is 0 Å². The average molecular weight is 309 g/mol. The first-order valence-electron chi connectivity index (χ1n) is 7.64. The van der Waals surface area contributed by atoms with Gasteiger partial charge in [-0.15, -0.1) is 0 Å². The van der Waals surface area contributed by atoms with Crippen molar-refractivity contribution < 1.29 is 9.90 Å². The number of hydrogen-bond acceptors (Lipinski definition) is 3. The number of benzene rings is 1. The highest BCUT2D eigenvalue weighted by Crippen LogP contribution is 2.28. The van der Waals surface area contributed by atoms with Crippen LogP contribution in [-0.4, -0.2) is 47.2 Å². The Bertz CT molecular complexity index is 517. The maximum Gasteiger partial charge on any atom is 0.253 e. The number of aliphatic hydroxyl groups excluding tert-OH is 1. The van der Waals surface area contributed by atoms with Gasteiger partial charge in [0.05, 0.1) is 22.7 Å². The van der Waals surface area contributed by atoms with Gasteiger partial charge in [-0.1, -0.05) is 23.7 Å². The lowest BCUT2D eigenvalue weighted by molar-refractivity contribution is 0.0619. The Morgan fingerprint density at radius 3 is 2.67 bits per heavy atom. The summed E-state index contributed by atoms with van der Waals surface area (Å²) >= 11 is 6.04. The van der Waals surface area contributed by atoms with Crippen molar-refractivity contribution in [1.82, 2.24) is 10.2 Å². The molecule has 21 heavy (non-hydrogen) atoms. The van der Waals surface area contributed by atoms with Crippen molar-refractivity contribution in [3.63, 3.8) is 0 Å². The molecule has 0 aromatic heterocycles. The van der Waals surface area contributed by atoms with Gasteiger partial charge >= 0.3 is 0 Å². The molecule has 1 heterocycles. The standard InChI is InChI=1S/C16H21ClN2O2/c17-12-6-2-1-5-11(12)16(21)18-13-7-8-14(15(13)20)19-9-3-4-10-19/h1-2,5-6,13-15,20H,3-4,7-10H2,(H,18,21)/t13-,14-,15-/m1/s1. The second-order valence-corrected chi connectivity index (χ2v) is 6.35. The summed E-state index contributed by atoms with van der Waals surface area (Å²) in [7, 11) is 0. The van der Waals surface area contributed by atoms with E-state index in [0.717, 1.165) is 25.9 Å². The predicted octanol–water partition coefficient (Wildman–Crippen LogP) is 2.06. The molecule has 0 unspecified atom stereocenters. The lowest BCUT2D eigenvalue weighted by Gasteiger charge is -2.28. The van der Waals surface area contributed by atoms with Gasteiger partial charge in [-0.2, -0.15) is 0 Å². The molecule has 5 heteroatoms. The van der Waals surface area contributed by atoms with Crippen LogP contribution in [0.3, 0.4) is 0 Å². The second kappa shape index (κ2) is 6.34. The van der Waals surface area contributed by atoms with Crippen LogP contribution >= 0.6 is 11.6 Å². The Labute approximate surface area is 130 Å². The summed E-state index contributed by atoms with van der Waals surface area (Å²) in [6.45, 7) is 2.12. The molecule has 3 atom stereocenters. The zero-order valence-electron chi connectivity index (χ0n) is 12.0. The number of nitrogens with one attached hydrogen (secondary N) is 1. The maximum absolute atomic E-state index is 12.3.